The Balaban J connectivity index is 2.04. The molecule has 164 valence electrons. The molecule has 29 heavy (non-hydrogen) atoms. The van der Waals surface area contributed by atoms with Crippen LogP contribution in [0, 0.1) is 5.92 Å². The number of hydrogen-bond donors (Lipinski definition) is 1. The highest BCUT2D eigenvalue weighted by atomic mass is 32.2. The van der Waals surface area contributed by atoms with Crippen LogP contribution in [-0.4, -0.2) is 56.4 Å². The molecule has 0 aliphatic carbocycles. The van der Waals surface area contributed by atoms with E-state index in [-0.39, 0.29) is 24.2 Å². The molecule has 0 saturated carbocycles. The Labute approximate surface area is 174 Å². The molecule has 2 rings (SSSR count). The smallest absolute Gasteiger partial charge is 0.251 e. The van der Waals surface area contributed by atoms with Crippen LogP contribution in [0.15, 0.2) is 24.3 Å². The largest absolute Gasteiger partial charge is 0.497 e. The molecule has 8 heteroatoms. The van der Waals surface area contributed by atoms with E-state index in [0.29, 0.717) is 36.7 Å². The van der Waals surface area contributed by atoms with Crippen molar-refractivity contribution in [3.05, 3.63) is 29.8 Å². The van der Waals surface area contributed by atoms with Crippen LogP contribution in [0.25, 0.3) is 0 Å². The minimum atomic E-state index is -3.60. The van der Waals surface area contributed by atoms with Gasteiger partial charge in [-0.05, 0) is 50.3 Å². The first-order chi connectivity index (χ1) is 13.6. The lowest BCUT2D eigenvalue weighted by atomic mass is 10.0. The van der Waals surface area contributed by atoms with Crippen LogP contribution in [0.1, 0.15) is 57.3 Å². The van der Waals surface area contributed by atoms with E-state index in [1.165, 1.54) is 7.11 Å². The van der Waals surface area contributed by atoms with Gasteiger partial charge in [-0.3, -0.25) is 4.79 Å². The van der Waals surface area contributed by atoms with Crippen LogP contribution in [0.5, 0.6) is 5.75 Å². The third-order valence-electron chi connectivity index (χ3n) is 5.32. The summed E-state index contributed by atoms with van der Waals surface area (Å²) in [4.78, 5) is 12.3. The first-order valence-electron chi connectivity index (χ1n) is 10.2. The molecular weight excluding hydrogens is 392 g/mol. The van der Waals surface area contributed by atoms with Gasteiger partial charge in [-0.25, -0.2) is 8.42 Å². The van der Waals surface area contributed by atoms with Gasteiger partial charge in [-0.1, -0.05) is 26.8 Å². The number of rotatable bonds is 10. The predicted molar refractivity (Wildman–Crippen MR) is 113 cm³/mol. The van der Waals surface area contributed by atoms with Crippen molar-refractivity contribution in [1.82, 2.24) is 9.62 Å². The number of nitrogens with zero attached hydrogens (tertiary/aromatic N) is 1. The molecule has 2 atom stereocenters. The molecule has 0 aromatic heterocycles. The number of methoxy groups -OCH3 is 1. The molecule has 0 unspecified atom stereocenters. The Morgan fingerprint density at radius 3 is 2.76 bits per heavy atom. The van der Waals surface area contributed by atoms with Crippen LogP contribution in [0.3, 0.4) is 0 Å². The highest BCUT2D eigenvalue weighted by Crippen LogP contribution is 2.36. The zero-order valence-electron chi connectivity index (χ0n) is 18.1. The monoisotopic (exact) mass is 426 g/mol. The molecule has 1 aromatic carbocycles. The fraction of sp³-hybridized carbons (Fsp3) is 0.667. The van der Waals surface area contributed by atoms with E-state index in [0.717, 1.165) is 6.42 Å². The van der Waals surface area contributed by atoms with Gasteiger partial charge in [0.2, 0.25) is 10.0 Å². The van der Waals surface area contributed by atoms with E-state index in [2.05, 4.69) is 19.2 Å². The predicted octanol–water partition coefficient (Wildman–Crippen LogP) is 3.02. The van der Waals surface area contributed by atoms with E-state index >= 15 is 0 Å². The third kappa shape index (κ3) is 5.93. The summed E-state index contributed by atoms with van der Waals surface area (Å²) in [5.41, 5.74) is -0.403. The van der Waals surface area contributed by atoms with Crippen molar-refractivity contribution in [2.45, 2.75) is 58.7 Å². The highest BCUT2D eigenvalue weighted by Gasteiger charge is 2.49. The van der Waals surface area contributed by atoms with Gasteiger partial charge >= 0.3 is 0 Å². The van der Waals surface area contributed by atoms with Crippen LogP contribution >= 0.6 is 0 Å². The minimum absolute atomic E-state index is 0.0333. The Morgan fingerprint density at radius 1 is 1.41 bits per heavy atom. The molecule has 0 spiro atoms. The third-order valence-corrected chi connectivity index (χ3v) is 7.32. The summed E-state index contributed by atoms with van der Waals surface area (Å²) in [6, 6.07) is 6.58. The summed E-state index contributed by atoms with van der Waals surface area (Å²) in [5, 5.41) is 2.70. The Morgan fingerprint density at radius 2 is 2.14 bits per heavy atom. The van der Waals surface area contributed by atoms with Crippen molar-refractivity contribution in [2.75, 3.05) is 26.0 Å². The maximum absolute atomic E-state index is 13.2. The summed E-state index contributed by atoms with van der Waals surface area (Å²) in [6.07, 6.45) is 2.22. The zero-order valence-corrected chi connectivity index (χ0v) is 18.9. The number of carbonyl (C=O) groups is 1. The fourth-order valence-corrected chi connectivity index (χ4v) is 5.55. The highest BCUT2D eigenvalue weighted by molar-refractivity contribution is 7.89. The number of ether oxygens (including phenoxy) is 2. The molecule has 1 N–H and O–H groups in total. The number of amides is 1. The molecule has 1 heterocycles. The molecule has 7 nitrogen and oxygen atoms in total. The first kappa shape index (κ1) is 23.6. The maximum atomic E-state index is 13.2. The molecule has 1 aliphatic heterocycles. The van der Waals surface area contributed by atoms with Gasteiger partial charge in [0.05, 0.1) is 25.5 Å². The van der Waals surface area contributed by atoms with Crippen LogP contribution in [0.2, 0.25) is 0 Å². The van der Waals surface area contributed by atoms with E-state index in [1.54, 1.807) is 28.6 Å². The lowest BCUT2D eigenvalue weighted by molar-refractivity contribution is -0.0433. The van der Waals surface area contributed by atoms with Gasteiger partial charge in [0.15, 0.2) is 0 Å². The van der Waals surface area contributed by atoms with E-state index in [1.807, 2.05) is 13.8 Å². The molecule has 0 bridgehead atoms. The van der Waals surface area contributed by atoms with E-state index in [4.69, 9.17) is 9.47 Å². The second kappa shape index (κ2) is 9.91. The Bertz CT molecular complexity index is 796. The average molecular weight is 427 g/mol. The van der Waals surface area contributed by atoms with Crippen molar-refractivity contribution >= 4 is 15.9 Å². The maximum Gasteiger partial charge on any atom is 0.251 e. The van der Waals surface area contributed by atoms with Gasteiger partial charge < -0.3 is 14.8 Å². The van der Waals surface area contributed by atoms with Gasteiger partial charge in [-0.15, -0.1) is 0 Å². The zero-order chi connectivity index (χ0) is 21.7. The van der Waals surface area contributed by atoms with Gasteiger partial charge in [-0.2, -0.15) is 4.31 Å². The number of nitrogens with one attached hydrogen (secondary N) is 1. The van der Waals surface area contributed by atoms with Gasteiger partial charge in [0, 0.05) is 12.1 Å². The number of hydrogen-bond acceptors (Lipinski definition) is 5. The van der Waals surface area contributed by atoms with E-state index < -0.39 is 15.7 Å². The summed E-state index contributed by atoms with van der Waals surface area (Å²) >= 11 is 0. The normalized spacial score (nSPS) is 22.8. The lowest BCUT2D eigenvalue weighted by Gasteiger charge is -2.36. The lowest BCUT2D eigenvalue weighted by Crippen LogP contribution is -2.51. The molecule has 1 amide bonds. The minimum Gasteiger partial charge on any atom is -0.497 e. The van der Waals surface area contributed by atoms with E-state index in [9.17, 15) is 13.2 Å². The van der Waals surface area contributed by atoms with Crippen molar-refractivity contribution in [3.63, 3.8) is 0 Å². The second-order valence-corrected chi connectivity index (χ2v) is 10.0. The summed E-state index contributed by atoms with van der Waals surface area (Å²) in [7, 11) is -2.07. The first-order valence-corrected chi connectivity index (χ1v) is 11.8. The standard InChI is InChI=1S/C21H34N2O5S/c1-6-18-15-28-21(4,11-10-16(2)3)23(18)29(25,26)13-12-22-20(24)17-8-7-9-19(14-17)27-5/h7-9,14,16,18H,6,10-13,15H2,1-5H3,(H,22,24)/t18-,21-/m0/s1. The Kier molecular flexibility index (Phi) is 8.08. The topological polar surface area (TPSA) is 84.9 Å². The van der Waals surface area contributed by atoms with Crippen LogP contribution in [0.4, 0.5) is 0 Å². The number of sulfonamides is 1. The number of benzene rings is 1. The van der Waals surface area contributed by atoms with Gasteiger partial charge in [0.25, 0.3) is 5.91 Å². The van der Waals surface area contributed by atoms with Crippen LogP contribution in [-0.2, 0) is 14.8 Å². The van der Waals surface area contributed by atoms with Gasteiger partial charge in [0.1, 0.15) is 11.5 Å². The Hall–Kier alpha value is -1.64. The molecule has 1 aliphatic rings. The number of carbonyl (C=O) groups excluding carboxylic acids is 1. The molecule has 0 radical (unpaired) electrons. The molecule has 1 saturated heterocycles. The quantitative estimate of drug-likeness (QED) is 0.622. The summed E-state index contributed by atoms with van der Waals surface area (Å²) in [6.45, 7) is 8.49. The van der Waals surface area contributed by atoms with Crippen molar-refractivity contribution in [1.29, 1.82) is 0 Å². The molecule has 1 fully saturated rings. The molecule has 1 aromatic rings. The van der Waals surface area contributed by atoms with Crippen molar-refractivity contribution < 1.29 is 22.7 Å². The van der Waals surface area contributed by atoms with Crippen molar-refractivity contribution in [2.24, 2.45) is 5.92 Å². The summed E-state index contributed by atoms with van der Waals surface area (Å²) < 4.78 is 38.9. The van der Waals surface area contributed by atoms with Crippen LogP contribution < -0.4 is 10.1 Å². The average Bonchev–Trinajstić information content (AvgIpc) is 3.04. The fourth-order valence-electron chi connectivity index (χ4n) is 3.60. The second-order valence-electron chi connectivity index (χ2n) is 8.08. The van der Waals surface area contributed by atoms with Crippen molar-refractivity contribution in [3.8, 4) is 5.75 Å². The SMILES string of the molecule is CC[C@H]1CO[C@@](C)(CCC(C)C)N1S(=O)(=O)CCNC(=O)c1cccc(OC)c1. The summed E-state index contributed by atoms with van der Waals surface area (Å²) in [5.74, 6) is 0.542. The molecular formula is C21H34N2O5S.